The number of aliphatic hydroxyl groups excluding tert-OH is 1. The highest BCUT2D eigenvalue weighted by molar-refractivity contribution is 5.76. The number of carbonyl (C=O) groups excluding carboxylic acids is 1. The molecule has 0 unspecified atom stereocenters. The Hall–Kier alpha value is -1.59. The molecule has 23 heavy (non-hydrogen) atoms. The van der Waals surface area contributed by atoms with Crippen LogP contribution in [-0.2, 0) is 9.53 Å². The highest BCUT2D eigenvalue weighted by Crippen LogP contribution is 2.33. The first kappa shape index (κ1) is 17.8. The van der Waals surface area contributed by atoms with Crippen molar-refractivity contribution in [2.45, 2.75) is 25.7 Å². The number of ether oxygens (including phenoxy) is 2. The molecular weight excluding hydrogens is 294 g/mol. The van der Waals surface area contributed by atoms with Gasteiger partial charge >= 0.3 is 0 Å². The van der Waals surface area contributed by atoms with E-state index in [2.05, 4.69) is 0 Å². The predicted octanol–water partition coefficient (Wildman–Crippen LogP) is 2.09. The van der Waals surface area contributed by atoms with Gasteiger partial charge in [0.05, 0.1) is 19.6 Å². The average molecular weight is 321 g/mol. The van der Waals surface area contributed by atoms with Gasteiger partial charge in [-0.3, -0.25) is 4.79 Å². The summed E-state index contributed by atoms with van der Waals surface area (Å²) in [4.78, 5) is 14.3. The van der Waals surface area contributed by atoms with Crippen LogP contribution in [0.1, 0.15) is 25.7 Å². The predicted molar refractivity (Wildman–Crippen MR) is 88.4 cm³/mol. The van der Waals surface area contributed by atoms with Crippen LogP contribution < -0.4 is 4.74 Å². The fourth-order valence-corrected chi connectivity index (χ4v) is 3.08. The van der Waals surface area contributed by atoms with Gasteiger partial charge in [0, 0.05) is 32.2 Å². The van der Waals surface area contributed by atoms with Gasteiger partial charge in [-0.05, 0) is 31.4 Å². The van der Waals surface area contributed by atoms with Gasteiger partial charge in [0.1, 0.15) is 5.75 Å². The second kappa shape index (κ2) is 8.89. The minimum atomic E-state index is -0.218. The smallest absolute Gasteiger partial charge is 0.226 e. The lowest BCUT2D eigenvalue weighted by molar-refractivity contribution is -0.136. The van der Waals surface area contributed by atoms with Crippen molar-refractivity contribution >= 4 is 5.91 Å². The zero-order valence-corrected chi connectivity index (χ0v) is 13.9. The number of amides is 1. The molecule has 1 aliphatic heterocycles. The van der Waals surface area contributed by atoms with Crippen LogP contribution in [0.4, 0.5) is 0 Å². The SMILES string of the molecule is COCC[C@@]1(CO)CCCN(C(=O)CCOc2ccccc2)C1. The number of hydrogen-bond acceptors (Lipinski definition) is 4. The fourth-order valence-electron chi connectivity index (χ4n) is 3.08. The van der Waals surface area contributed by atoms with E-state index in [1.165, 1.54) is 0 Å². The third-order valence-corrected chi connectivity index (χ3v) is 4.51. The summed E-state index contributed by atoms with van der Waals surface area (Å²) in [6, 6.07) is 9.51. The average Bonchev–Trinajstić information content (AvgIpc) is 2.61. The summed E-state index contributed by atoms with van der Waals surface area (Å²) < 4.78 is 10.7. The Labute approximate surface area is 138 Å². The summed E-state index contributed by atoms with van der Waals surface area (Å²) in [5, 5.41) is 9.77. The van der Waals surface area contributed by atoms with E-state index in [-0.39, 0.29) is 17.9 Å². The summed E-state index contributed by atoms with van der Waals surface area (Å²) in [5.41, 5.74) is -0.218. The third-order valence-electron chi connectivity index (χ3n) is 4.51. The first-order valence-electron chi connectivity index (χ1n) is 8.24. The second-order valence-electron chi connectivity index (χ2n) is 6.23. The molecule has 0 aromatic heterocycles. The maximum atomic E-state index is 12.4. The molecule has 1 aromatic rings. The zero-order chi connectivity index (χ0) is 16.5. The van der Waals surface area contributed by atoms with Crippen molar-refractivity contribution in [2.75, 3.05) is 40.0 Å². The van der Waals surface area contributed by atoms with E-state index in [0.717, 1.165) is 31.6 Å². The van der Waals surface area contributed by atoms with Crippen LogP contribution in [0.5, 0.6) is 5.75 Å². The molecule has 0 radical (unpaired) electrons. The number of rotatable bonds is 8. The van der Waals surface area contributed by atoms with Crippen molar-refractivity contribution in [3.05, 3.63) is 30.3 Å². The first-order valence-corrected chi connectivity index (χ1v) is 8.24. The quantitative estimate of drug-likeness (QED) is 0.796. The molecule has 1 atom stereocenters. The van der Waals surface area contributed by atoms with Crippen molar-refractivity contribution in [1.29, 1.82) is 0 Å². The number of aliphatic hydroxyl groups is 1. The van der Waals surface area contributed by atoms with Crippen molar-refractivity contribution in [1.82, 2.24) is 4.90 Å². The van der Waals surface area contributed by atoms with Gasteiger partial charge in [-0.1, -0.05) is 18.2 Å². The summed E-state index contributed by atoms with van der Waals surface area (Å²) in [7, 11) is 1.66. The molecule has 2 rings (SSSR count). The molecule has 1 N–H and O–H groups in total. The van der Waals surface area contributed by atoms with Crippen LogP contribution >= 0.6 is 0 Å². The van der Waals surface area contributed by atoms with Gasteiger partial charge in [0.25, 0.3) is 0 Å². The maximum absolute atomic E-state index is 12.4. The molecule has 0 bridgehead atoms. The lowest BCUT2D eigenvalue weighted by Gasteiger charge is -2.42. The van der Waals surface area contributed by atoms with Crippen molar-refractivity contribution < 1.29 is 19.4 Å². The van der Waals surface area contributed by atoms with Crippen molar-refractivity contribution in [3.63, 3.8) is 0 Å². The highest BCUT2D eigenvalue weighted by Gasteiger charge is 2.36. The van der Waals surface area contributed by atoms with Gasteiger partial charge in [0.15, 0.2) is 0 Å². The molecule has 1 heterocycles. The Balaban J connectivity index is 1.81. The number of carbonyl (C=O) groups is 1. The molecule has 1 aliphatic rings. The summed E-state index contributed by atoms with van der Waals surface area (Å²) in [5.74, 6) is 0.875. The van der Waals surface area contributed by atoms with Crippen LogP contribution in [0.15, 0.2) is 30.3 Å². The Bertz CT molecular complexity index is 479. The van der Waals surface area contributed by atoms with E-state index in [9.17, 15) is 9.90 Å². The van der Waals surface area contributed by atoms with Crippen molar-refractivity contribution in [2.24, 2.45) is 5.41 Å². The number of para-hydroxylation sites is 1. The molecular formula is C18H27NO4. The van der Waals surface area contributed by atoms with Gasteiger partial charge in [0.2, 0.25) is 5.91 Å². The number of nitrogens with zero attached hydrogens (tertiary/aromatic N) is 1. The molecule has 0 saturated carbocycles. The van der Waals surface area contributed by atoms with Gasteiger partial charge < -0.3 is 19.5 Å². The lowest BCUT2D eigenvalue weighted by Crippen LogP contribution is -2.48. The molecule has 0 spiro atoms. The largest absolute Gasteiger partial charge is 0.493 e. The summed E-state index contributed by atoms with van der Waals surface area (Å²) in [6.45, 7) is 2.46. The standard InChI is InChI=1S/C18H27NO4/c1-22-13-10-18(15-20)9-5-11-19(14-18)17(21)8-12-23-16-6-3-2-4-7-16/h2-4,6-7,20H,5,8-15H2,1H3/t18-/m0/s1. The summed E-state index contributed by atoms with van der Waals surface area (Å²) >= 11 is 0. The number of likely N-dealkylation sites (tertiary alicyclic amines) is 1. The number of benzene rings is 1. The first-order chi connectivity index (χ1) is 11.2. The molecule has 128 valence electrons. The van der Waals surface area contributed by atoms with E-state index < -0.39 is 0 Å². The molecule has 5 heteroatoms. The normalized spacial score (nSPS) is 21.2. The van der Waals surface area contributed by atoms with Crippen LogP contribution in [0, 0.1) is 5.41 Å². The minimum Gasteiger partial charge on any atom is -0.493 e. The molecule has 1 aromatic carbocycles. The third kappa shape index (κ3) is 5.22. The van der Waals surface area contributed by atoms with Gasteiger partial charge in [-0.2, -0.15) is 0 Å². The molecule has 1 saturated heterocycles. The monoisotopic (exact) mass is 321 g/mol. The number of piperidine rings is 1. The van der Waals surface area contributed by atoms with Crippen LogP contribution in [0.3, 0.4) is 0 Å². The fraction of sp³-hybridized carbons (Fsp3) is 0.611. The van der Waals surface area contributed by atoms with E-state index >= 15 is 0 Å². The minimum absolute atomic E-state index is 0.0934. The Morgan fingerprint density at radius 3 is 2.78 bits per heavy atom. The van der Waals surface area contributed by atoms with E-state index in [0.29, 0.717) is 26.2 Å². The van der Waals surface area contributed by atoms with Crippen LogP contribution in [0.25, 0.3) is 0 Å². The van der Waals surface area contributed by atoms with Crippen LogP contribution in [-0.4, -0.2) is 55.9 Å². The Kier molecular flexibility index (Phi) is 6.86. The molecule has 5 nitrogen and oxygen atoms in total. The van der Waals surface area contributed by atoms with Crippen LogP contribution in [0.2, 0.25) is 0 Å². The number of methoxy groups -OCH3 is 1. The van der Waals surface area contributed by atoms with Gasteiger partial charge in [-0.15, -0.1) is 0 Å². The van der Waals surface area contributed by atoms with E-state index in [1.54, 1.807) is 7.11 Å². The van der Waals surface area contributed by atoms with Crippen molar-refractivity contribution in [3.8, 4) is 5.75 Å². The second-order valence-corrected chi connectivity index (χ2v) is 6.23. The lowest BCUT2D eigenvalue weighted by atomic mass is 9.78. The topological polar surface area (TPSA) is 59.0 Å². The molecule has 0 aliphatic carbocycles. The number of hydrogen-bond donors (Lipinski definition) is 1. The van der Waals surface area contributed by atoms with E-state index in [1.807, 2.05) is 35.2 Å². The van der Waals surface area contributed by atoms with E-state index in [4.69, 9.17) is 9.47 Å². The highest BCUT2D eigenvalue weighted by atomic mass is 16.5. The zero-order valence-electron chi connectivity index (χ0n) is 13.9. The Morgan fingerprint density at radius 1 is 1.30 bits per heavy atom. The Morgan fingerprint density at radius 2 is 2.09 bits per heavy atom. The van der Waals surface area contributed by atoms with Gasteiger partial charge in [-0.25, -0.2) is 0 Å². The maximum Gasteiger partial charge on any atom is 0.226 e. The summed E-state index contributed by atoms with van der Waals surface area (Å²) in [6.07, 6.45) is 3.01. The molecule has 1 fully saturated rings. The molecule has 1 amide bonds.